The van der Waals surface area contributed by atoms with Crippen LogP contribution in [0.25, 0.3) is 0 Å². The lowest BCUT2D eigenvalue weighted by Gasteiger charge is -2.31. The number of nitrogens with one attached hydrogen (secondary N) is 2. The number of amides is 2. The molecule has 0 saturated heterocycles. The van der Waals surface area contributed by atoms with Crippen LogP contribution in [-0.4, -0.2) is 37.7 Å². The standard InChI is InChI=1S/C30H32ClN3O4S/c1-2-20-32-30(36)29(24-6-4-3-5-7-24)34(21-23-8-13-25(31)14-9-23)28(35)19-12-22-10-17-27(18-11-22)39(37,38)33-26-15-16-26/h2-11,13-14,17-18,26,29,33H,1,12,15-16,19-21H2,(H,32,36)/t29-/m0/s1. The first-order chi connectivity index (χ1) is 18.8. The van der Waals surface area contributed by atoms with Crippen molar-refractivity contribution in [1.29, 1.82) is 0 Å². The van der Waals surface area contributed by atoms with Crippen LogP contribution < -0.4 is 10.0 Å². The molecule has 4 rings (SSSR count). The van der Waals surface area contributed by atoms with E-state index in [-0.39, 0.29) is 42.3 Å². The summed E-state index contributed by atoms with van der Waals surface area (Å²) in [6.07, 6.45) is 3.85. The SMILES string of the molecule is C=CCNC(=O)[C@H](c1ccccc1)N(Cc1ccc(Cl)cc1)C(=O)CCc1ccc(S(=O)(=O)NC2CC2)cc1. The number of hydrogen-bond acceptors (Lipinski definition) is 4. The molecule has 1 aliphatic rings. The van der Waals surface area contributed by atoms with Crippen molar-refractivity contribution in [2.24, 2.45) is 0 Å². The third kappa shape index (κ3) is 8.02. The zero-order chi connectivity index (χ0) is 27.8. The van der Waals surface area contributed by atoms with Gasteiger partial charge in [-0.1, -0.05) is 72.3 Å². The summed E-state index contributed by atoms with van der Waals surface area (Å²) in [6, 6.07) is 22.1. The zero-order valence-corrected chi connectivity index (χ0v) is 23.1. The zero-order valence-electron chi connectivity index (χ0n) is 21.6. The second-order valence-corrected chi connectivity index (χ2v) is 11.7. The van der Waals surface area contributed by atoms with E-state index >= 15 is 0 Å². The van der Waals surface area contributed by atoms with Gasteiger partial charge in [-0.05, 0) is 60.2 Å². The van der Waals surface area contributed by atoms with Crippen molar-refractivity contribution >= 4 is 33.4 Å². The van der Waals surface area contributed by atoms with Crippen molar-refractivity contribution in [3.8, 4) is 0 Å². The third-order valence-corrected chi connectivity index (χ3v) is 8.23. The van der Waals surface area contributed by atoms with E-state index in [2.05, 4.69) is 16.6 Å². The monoisotopic (exact) mass is 565 g/mol. The third-order valence-electron chi connectivity index (χ3n) is 6.44. The Morgan fingerprint density at radius 3 is 2.23 bits per heavy atom. The van der Waals surface area contributed by atoms with E-state index in [1.807, 2.05) is 42.5 Å². The fourth-order valence-electron chi connectivity index (χ4n) is 4.21. The minimum absolute atomic E-state index is 0.0279. The maximum Gasteiger partial charge on any atom is 0.247 e. The number of carbonyl (C=O) groups excluding carboxylic acids is 2. The highest BCUT2D eigenvalue weighted by molar-refractivity contribution is 7.89. The first kappa shape index (κ1) is 28.5. The fraction of sp³-hybridized carbons (Fsp3) is 0.267. The van der Waals surface area contributed by atoms with E-state index in [0.29, 0.717) is 17.0 Å². The molecular weight excluding hydrogens is 534 g/mol. The van der Waals surface area contributed by atoms with Gasteiger partial charge in [0.1, 0.15) is 6.04 Å². The highest BCUT2D eigenvalue weighted by Gasteiger charge is 2.31. The van der Waals surface area contributed by atoms with Gasteiger partial charge in [0.2, 0.25) is 21.8 Å². The lowest BCUT2D eigenvalue weighted by atomic mass is 10.0. The molecule has 39 heavy (non-hydrogen) atoms. The topological polar surface area (TPSA) is 95.6 Å². The molecule has 1 atom stereocenters. The maximum absolute atomic E-state index is 13.7. The molecule has 1 saturated carbocycles. The predicted octanol–water partition coefficient (Wildman–Crippen LogP) is 4.79. The van der Waals surface area contributed by atoms with Gasteiger partial charge in [0.25, 0.3) is 0 Å². The van der Waals surface area contributed by atoms with Gasteiger partial charge in [0.05, 0.1) is 4.90 Å². The second kappa shape index (κ2) is 13.1. The van der Waals surface area contributed by atoms with Crippen molar-refractivity contribution in [3.05, 3.63) is 113 Å². The van der Waals surface area contributed by atoms with Crippen LogP contribution in [0.4, 0.5) is 0 Å². The van der Waals surface area contributed by atoms with Gasteiger partial charge in [-0.25, -0.2) is 13.1 Å². The van der Waals surface area contributed by atoms with Gasteiger partial charge in [0, 0.05) is 30.6 Å². The largest absolute Gasteiger partial charge is 0.351 e. The van der Waals surface area contributed by atoms with Crippen molar-refractivity contribution in [1.82, 2.24) is 14.9 Å². The van der Waals surface area contributed by atoms with Crippen LogP contribution >= 0.6 is 11.6 Å². The normalized spacial score (nSPS) is 13.9. The minimum atomic E-state index is -3.54. The molecule has 1 aliphatic carbocycles. The van der Waals surface area contributed by atoms with Crippen LogP contribution in [0.2, 0.25) is 5.02 Å². The Kier molecular flexibility index (Phi) is 9.56. The van der Waals surface area contributed by atoms with Crippen LogP contribution in [-0.2, 0) is 32.6 Å². The van der Waals surface area contributed by atoms with E-state index in [4.69, 9.17) is 11.6 Å². The Balaban J connectivity index is 1.55. The predicted molar refractivity (Wildman–Crippen MR) is 152 cm³/mol. The van der Waals surface area contributed by atoms with Crippen LogP contribution in [0.15, 0.2) is 96.4 Å². The molecule has 2 N–H and O–H groups in total. The minimum Gasteiger partial charge on any atom is -0.351 e. The number of rotatable bonds is 13. The van der Waals surface area contributed by atoms with E-state index < -0.39 is 16.1 Å². The molecule has 0 aliphatic heterocycles. The van der Waals surface area contributed by atoms with E-state index in [0.717, 1.165) is 24.0 Å². The number of halogens is 1. The van der Waals surface area contributed by atoms with Gasteiger partial charge in [-0.2, -0.15) is 0 Å². The molecular formula is C30H32ClN3O4S. The van der Waals surface area contributed by atoms with Crippen molar-refractivity contribution in [2.45, 2.75) is 49.2 Å². The summed E-state index contributed by atoms with van der Waals surface area (Å²) in [7, 11) is -3.54. The number of nitrogens with zero attached hydrogens (tertiary/aromatic N) is 1. The summed E-state index contributed by atoms with van der Waals surface area (Å²) in [4.78, 5) is 28.9. The Hall–Kier alpha value is -3.46. The summed E-state index contributed by atoms with van der Waals surface area (Å²) in [5.74, 6) is -0.513. The second-order valence-electron chi connectivity index (χ2n) is 9.53. The van der Waals surface area contributed by atoms with Gasteiger partial charge >= 0.3 is 0 Å². The summed E-state index contributed by atoms with van der Waals surface area (Å²) in [5.41, 5.74) is 2.36. The quantitative estimate of drug-likeness (QED) is 0.291. The average molecular weight is 566 g/mol. The molecule has 0 heterocycles. The lowest BCUT2D eigenvalue weighted by molar-refractivity contribution is -0.141. The molecule has 0 bridgehead atoms. The number of sulfonamides is 1. The molecule has 9 heteroatoms. The van der Waals surface area contributed by atoms with Crippen LogP contribution in [0.3, 0.4) is 0 Å². The summed E-state index contributed by atoms with van der Waals surface area (Å²) >= 11 is 6.07. The number of aryl methyl sites for hydroxylation is 1. The van der Waals surface area contributed by atoms with E-state index in [9.17, 15) is 18.0 Å². The highest BCUT2D eigenvalue weighted by atomic mass is 35.5. The van der Waals surface area contributed by atoms with Crippen molar-refractivity contribution in [2.75, 3.05) is 6.54 Å². The van der Waals surface area contributed by atoms with Crippen LogP contribution in [0.1, 0.15) is 42.0 Å². The number of carbonyl (C=O) groups is 2. The summed E-state index contributed by atoms with van der Waals surface area (Å²) in [6.45, 7) is 4.16. The number of hydrogen-bond donors (Lipinski definition) is 2. The van der Waals surface area contributed by atoms with Crippen molar-refractivity contribution in [3.63, 3.8) is 0 Å². The molecule has 1 fully saturated rings. The molecule has 204 valence electrons. The first-order valence-electron chi connectivity index (χ1n) is 12.9. The molecule has 7 nitrogen and oxygen atoms in total. The highest BCUT2D eigenvalue weighted by Crippen LogP contribution is 2.26. The van der Waals surface area contributed by atoms with Gasteiger partial charge in [-0.15, -0.1) is 6.58 Å². The summed E-state index contributed by atoms with van der Waals surface area (Å²) in [5, 5.41) is 3.42. The number of benzene rings is 3. The van der Waals surface area contributed by atoms with Gasteiger partial charge in [0.15, 0.2) is 0 Å². The van der Waals surface area contributed by atoms with Gasteiger partial charge < -0.3 is 10.2 Å². The Morgan fingerprint density at radius 2 is 1.62 bits per heavy atom. The van der Waals surface area contributed by atoms with Crippen LogP contribution in [0, 0.1) is 0 Å². The molecule has 0 spiro atoms. The molecule has 2 amide bonds. The van der Waals surface area contributed by atoms with E-state index in [1.54, 1.807) is 47.4 Å². The first-order valence-corrected chi connectivity index (χ1v) is 14.7. The van der Waals surface area contributed by atoms with Crippen molar-refractivity contribution < 1.29 is 18.0 Å². The molecule has 0 unspecified atom stereocenters. The molecule has 0 aromatic heterocycles. The lowest BCUT2D eigenvalue weighted by Crippen LogP contribution is -2.43. The smallest absolute Gasteiger partial charge is 0.247 e. The van der Waals surface area contributed by atoms with Crippen LogP contribution in [0.5, 0.6) is 0 Å². The fourth-order valence-corrected chi connectivity index (χ4v) is 5.64. The van der Waals surface area contributed by atoms with E-state index in [1.165, 1.54) is 0 Å². The Labute approximate surface area is 234 Å². The summed E-state index contributed by atoms with van der Waals surface area (Å²) < 4.78 is 27.6. The molecule has 3 aromatic rings. The Morgan fingerprint density at radius 1 is 0.974 bits per heavy atom. The molecule has 3 aromatic carbocycles. The maximum atomic E-state index is 13.7. The Bertz CT molecular complexity index is 1390. The van der Waals surface area contributed by atoms with Gasteiger partial charge in [-0.3, -0.25) is 9.59 Å². The molecule has 0 radical (unpaired) electrons. The average Bonchev–Trinajstić information content (AvgIpc) is 3.75.